The Morgan fingerprint density at radius 3 is 2.52 bits per heavy atom. The van der Waals surface area contributed by atoms with Crippen LogP contribution in [0.15, 0.2) is 6.20 Å². The van der Waals surface area contributed by atoms with Crippen LogP contribution in [0.4, 0.5) is 0 Å². The van der Waals surface area contributed by atoms with Crippen LogP contribution in [-0.4, -0.2) is 79.1 Å². The zero-order valence-electron chi connectivity index (χ0n) is 14.9. The molecule has 0 radical (unpaired) electrons. The highest BCUT2D eigenvalue weighted by molar-refractivity contribution is 7.90. The number of hydrogen-bond donors (Lipinski definition) is 1. The predicted molar refractivity (Wildman–Crippen MR) is 96.5 cm³/mol. The monoisotopic (exact) mass is 368 g/mol. The van der Waals surface area contributed by atoms with Gasteiger partial charge < -0.3 is 4.90 Å². The van der Waals surface area contributed by atoms with E-state index in [-0.39, 0.29) is 11.7 Å². The van der Waals surface area contributed by atoms with Gasteiger partial charge >= 0.3 is 0 Å². The third kappa shape index (κ3) is 4.82. The maximum atomic E-state index is 12.9. The molecule has 1 aliphatic carbocycles. The van der Waals surface area contributed by atoms with E-state index < -0.39 is 9.84 Å². The molecule has 0 aromatic carbocycles. The number of hydrogen-bond acceptors (Lipinski definition) is 5. The van der Waals surface area contributed by atoms with Gasteiger partial charge in [-0.15, -0.1) is 0 Å². The average molecular weight is 369 g/mol. The summed E-state index contributed by atoms with van der Waals surface area (Å²) in [6, 6.07) is 0. The minimum Gasteiger partial charge on any atom is -0.336 e. The van der Waals surface area contributed by atoms with Gasteiger partial charge in [-0.1, -0.05) is 19.3 Å². The van der Waals surface area contributed by atoms with Gasteiger partial charge in [0.15, 0.2) is 0 Å². The Labute approximate surface area is 149 Å². The summed E-state index contributed by atoms with van der Waals surface area (Å²) >= 11 is 0. The lowest BCUT2D eigenvalue weighted by molar-refractivity contribution is 0.0642. The van der Waals surface area contributed by atoms with E-state index in [1.54, 1.807) is 6.20 Å². The van der Waals surface area contributed by atoms with Crippen molar-refractivity contribution in [2.24, 2.45) is 0 Å². The number of carbonyl (C=O) groups excluding carboxylic acids is 1. The summed E-state index contributed by atoms with van der Waals surface area (Å²) in [7, 11) is -2.94. The van der Waals surface area contributed by atoms with E-state index in [2.05, 4.69) is 15.1 Å². The van der Waals surface area contributed by atoms with Crippen LogP contribution in [-0.2, 0) is 9.84 Å². The number of nitrogens with one attached hydrogen (secondary N) is 1. The first-order chi connectivity index (χ1) is 11.9. The normalized spacial score (nSPS) is 20.8. The lowest BCUT2D eigenvalue weighted by Crippen LogP contribution is -2.49. The first-order valence-corrected chi connectivity index (χ1v) is 11.2. The van der Waals surface area contributed by atoms with Crippen LogP contribution in [0.25, 0.3) is 0 Å². The first-order valence-electron chi connectivity index (χ1n) is 9.16. The minimum atomic E-state index is -2.94. The number of aromatic amines is 1. The SMILES string of the molecule is CS(=O)(=O)CCN1CCN(C(=O)c2cn[nH]c2C2CCCCC2)CC1. The fraction of sp³-hybridized carbons (Fsp3) is 0.765. The zero-order valence-corrected chi connectivity index (χ0v) is 15.7. The molecule has 1 aliphatic heterocycles. The Kier molecular flexibility index (Phi) is 5.78. The van der Waals surface area contributed by atoms with Gasteiger partial charge in [0.1, 0.15) is 9.84 Å². The lowest BCUT2D eigenvalue weighted by atomic mass is 9.85. The highest BCUT2D eigenvalue weighted by atomic mass is 32.2. The molecular formula is C17H28N4O3S. The van der Waals surface area contributed by atoms with Crippen LogP contribution in [0.5, 0.6) is 0 Å². The molecule has 1 N–H and O–H groups in total. The van der Waals surface area contributed by atoms with Crippen LogP contribution in [0.2, 0.25) is 0 Å². The first kappa shape index (κ1) is 18.4. The summed E-state index contributed by atoms with van der Waals surface area (Å²) in [6.07, 6.45) is 8.90. The minimum absolute atomic E-state index is 0.0529. The number of aromatic nitrogens is 2. The van der Waals surface area contributed by atoms with Crippen LogP contribution < -0.4 is 0 Å². The molecule has 1 saturated heterocycles. The van der Waals surface area contributed by atoms with E-state index in [0.717, 1.165) is 37.2 Å². The van der Waals surface area contributed by atoms with Gasteiger partial charge in [-0.3, -0.25) is 14.8 Å². The number of rotatable bonds is 5. The summed E-state index contributed by atoms with van der Waals surface area (Å²) in [5.74, 6) is 0.650. The van der Waals surface area contributed by atoms with E-state index in [9.17, 15) is 13.2 Å². The number of carbonyl (C=O) groups is 1. The Balaban J connectivity index is 1.57. The molecule has 140 valence electrons. The van der Waals surface area contributed by atoms with Crippen molar-refractivity contribution in [3.8, 4) is 0 Å². The fourth-order valence-corrected chi connectivity index (χ4v) is 4.40. The molecule has 7 nitrogen and oxygen atoms in total. The van der Waals surface area contributed by atoms with Crippen LogP contribution >= 0.6 is 0 Å². The molecule has 0 spiro atoms. The number of nitrogens with zero attached hydrogens (tertiary/aromatic N) is 3. The van der Waals surface area contributed by atoms with Crippen molar-refractivity contribution < 1.29 is 13.2 Å². The fourth-order valence-electron chi connectivity index (χ4n) is 3.81. The molecule has 2 heterocycles. The van der Waals surface area contributed by atoms with Crippen molar-refractivity contribution >= 4 is 15.7 Å². The van der Waals surface area contributed by atoms with Crippen molar-refractivity contribution in [2.45, 2.75) is 38.0 Å². The Bertz CT molecular complexity index is 687. The number of piperazine rings is 1. The zero-order chi connectivity index (χ0) is 17.9. The van der Waals surface area contributed by atoms with Gasteiger partial charge in [0.2, 0.25) is 0 Å². The predicted octanol–water partition coefficient (Wildman–Crippen LogP) is 1.26. The van der Waals surface area contributed by atoms with E-state index in [0.29, 0.717) is 25.6 Å². The topological polar surface area (TPSA) is 86.4 Å². The van der Waals surface area contributed by atoms with Gasteiger partial charge in [0, 0.05) is 44.9 Å². The van der Waals surface area contributed by atoms with Crippen LogP contribution in [0.1, 0.15) is 54.1 Å². The third-order valence-corrected chi connectivity index (χ3v) is 6.27. The number of amides is 1. The van der Waals surface area contributed by atoms with E-state index in [4.69, 9.17) is 0 Å². The third-order valence-electron chi connectivity index (χ3n) is 5.35. The smallest absolute Gasteiger partial charge is 0.257 e. The highest BCUT2D eigenvalue weighted by Gasteiger charge is 2.28. The molecule has 0 atom stereocenters. The summed E-state index contributed by atoms with van der Waals surface area (Å²) in [6.45, 7) is 3.26. The highest BCUT2D eigenvalue weighted by Crippen LogP contribution is 2.33. The molecule has 1 aromatic rings. The quantitative estimate of drug-likeness (QED) is 0.845. The molecule has 1 amide bonds. The Morgan fingerprint density at radius 1 is 1.20 bits per heavy atom. The van der Waals surface area contributed by atoms with Crippen LogP contribution in [0.3, 0.4) is 0 Å². The summed E-state index contributed by atoms with van der Waals surface area (Å²) < 4.78 is 22.6. The molecule has 1 aromatic heterocycles. The standard InChI is InChI=1S/C17H28N4O3S/c1-25(23,24)12-11-20-7-9-21(10-8-20)17(22)15-13-18-19-16(15)14-5-3-2-4-6-14/h13-14H,2-12H2,1H3,(H,18,19). The molecule has 3 rings (SSSR count). The number of H-pyrrole nitrogens is 1. The van der Waals surface area contributed by atoms with Gasteiger partial charge in [-0.25, -0.2) is 8.42 Å². The van der Waals surface area contributed by atoms with Gasteiger partial charge in [0.25, 0.3) is 5.91 Å². The Morgan fingerprint density at radius 2 is 1.88 bits per heavy atom. The maximum absolute atomic E-state index is 12.9. The average Bonchev–Trinajstić information content (AvgIpc) is 3.10. The molecular weight excluding hydrogens is 340 g/mol. The molecule has 0 bridgehead atoms. The van der Waals surface area contributed by atoms with Crippen molar-refractivity contribution in [2.75, 3.05) is 44.7 Å². The van der Waals surface area contributed by atoms with Crippen molar-refractivity contribution in [3.63, 3.8) is 0 Å². The van der Waals surface area contributed by atoms with Gasteiger partial charge in [0.05, 0.1) is 23.2 Å². The summed E-state index contributed by atoms with van der Waals surface area (Å²) in [5.41, 5.74) is 1.72. The lowest BCUT2D eigenvalue weighted by Gasteiger charge is -2.34. The molecule has 0 unspecified atom stereocenters. The van der Waals surface area contributed by atoms with Crippen LogP contribution in [0, 0.1) is 0 Å². The molecule has 25 heavy (non-hydrogen) atoms. The molecule has 8 heteroatoms. The van der Waals surface area contributed by atoms with E-state index >= 15 is 0 Å². The van der Waals surface area contributed by atoms with E-state index in [1.807, 2.05) is 4.90 Å². The maximum Gasteiger partial charge on any atom is 0.257 e. The second-order valence-corrected chi connectivity index (χ2v) is 9.56. The summed E-state index contributed by atoms with van der Waals surface area (Å²) in [5, 5.41) is 7.20. The Hall–Kier alpha value is -1.41. The van der Waals surface area contributed by atoms with Crippen molar-refractivity contribution in [1.82, 2.24) is 20.0 Å². The van der Waals surface area contributed by atoms with Crippen molar-refractivity contribution in [3.05, 3.63) is 17.5 Å². The van der Waals surface area contributed by atoms with Gasteiger partial charge in [-0.2, -0.15) is 5.10 Å². The van der Waals surface area contributed by atoms with E-state index in [1.165, 1.54) is 25.5 Å². The summed E-state index contributed by atoms with van der Waals surface area (Å²) in [4.78, 5) is 16.9. The second-order valence-electron chi connectivity index (χ2n) is 7.30. The van der Waals surface area contributed by atoms with Crippen molar-refractivity contribution in [1.29, 1.82) is 0 Å². The molecule has 2 fully saturated rings. The van der Waals surface area contributed by atoms with Gasteiger partial charge in [-0.05, 0) is 12.8 Å². The molecule has 2 aliphatic rings. The molecule has 1 saturated carbocycles. The second kappa shape index (κ2) is 7.86. The largest absolute Gasteiger partial charge is 0.336 e. The number of sulfone groups is 1.